The maximum Gasteiger partial charge on any atom is 0.524 e. The van der Waals surface area contributed by atoms with Crippen molar-refractivity contribution in [2.45, 2.75) is 20.2 Å². The van der Waals surface area contributed by atoms with Crippen molar-refractivity contribution in [1.82, 2.24) is 0 Å². The number of alkyl halides is 3. The minimum absolute atomic E-state index is 0.337. The first-order valence-electron chi connectivity index (χ1n) is 11.3. The van der Waals surface area contributed by atoms with Crippen LogP contribution in [0.5, 0.6) is 0 Å². The van der Waals surface area contributed by atoms with Crippen LogP contribution in [0.15, 0.2) is 130 Å². The second-order valence-electron chi connectivity index (χ2n) is 8.57. The maximum atomic E-state index is 13.9. The van der Waals surface area contributed by atoms with Gasteiger partial charge in [0.25, 0.3) is 0 Å². The van der Waals surface area contributed by atoms with E-state index in [4.69, 9.17) is 3.63 Å². The van der Waals surface area contributed by atoms with Crippen LogP contribution < -0.4 is 0 Å². The second-order valence-corrected chi connectivity index (χ2v) is 13.0. The van der Waals surface area contributed by atoms with Crippen molar-refractivity contribution in [3.8, 4) is 0 Å². The van der Waals surface area contributed by atoms with Crippen molar-refractivity contribution in [2.24, 2.45) is 0 Å². The highest BCUT2D eigenvalue weighted by atomic mass is 32.3. The number of rotatable bonds is 5. The largest absolute Gasteiger partial charge is 0.524 e. The van der Waals surface area contributed by atoms with Gasteiger partial charge in [0.2, 0.25) is 0 Å². The Hall–Kier alpha value is -3.59. The zero-order valence-electron chi connectivity index (χ0n) is 19.1. The van der Waals surface area contributed by atoms with Crippen LogP contribution in [-0.4, -0.2) is 13.9 Å². The van der Waals surface area contributed by atoms with Crippen LogP contribution in [0.1, 0.15) is 0 Å². The van der Waals surface area contributed by atoms with Gasteiger partial charge in [0.15, 0.2) is 0 Å². The van der Waals surface area contributed by atoms with Crippen molar-refractivity contribution in [3.63, 3.8) is 0 Å². The van der Waals surface area contributed by atoms with Crippen molar-refractivity contribution in [3.05, 3.63) is 115 Å². The molecule has 6 aromatic carbocycles. The molecule has 0 radical (unpaired) electrons. The number of hydrogen-bond acceptors (Lipinski definition) is 3. The van der Waals surface area contributed by atoms with Gasteiger partial charge in [-0.15, -0.1) is 0 Å². The monoisotopic (exact) mass is 536 g/mol. The molecule has 8 heteroatoms. The van der Waals surface area contributed by atoms with Crippen LogP contribution in [0.2, 0.25) is 0 Å². The highest BCUT2D eigenvalue weighted by Crippen LogP contribution is 2.72. The molecule has 0 amide bonds. The van der Waals surface area contributed by atoms with Crippen molar-refractivity contribution in [1.29, 1.82) is 0 Å². The normalized spacial score (nSPS) is 13.5. The molecule has 0 aromatic heterocycles. The van der Waals surface area contributed by atoms with Gasteiger partial charge in [-0.25, -0.2) is 0 Å². The summed E-state index contributed by atoms with van der Waals surface area (Å²) in [5.74, 6) is 0. The summed E-state index contributed by atoms with van der Waals surface area (Å²) in [6.45, 7) is 0. The molecule has 0 spiro atoms. The van der Waals surface area contributed by atoms with Gasteiger partial charge in [0, 0.05) is 14.7 Å². The summed E-state index contributed by atoms with van der Waals surface area (Å²) in [5.41, 5.74) is -5.60. The predicted octanol–water partition coefficient (Wildman–Crippen LogP) is 8.65. The zero-order chi connectivity index (χ0) is 25.8. The van der Waals surface area contributed by atoms with Gasteiger partial charge in [-0.1, -0.05) is 84.9 Å². The summed E-state index contributed by atoms with van der Waals surface area (Å²) in [5, 5.41) is 5.32. The lowest BCUT2D eigenvalue weighted by Crippen LogP contribution is -2.27. The lowest BCUT2D eigenvalue weighted by Gasteiger charge is -2.40. The minimum atomic E-state index is -5.99. The quantitative estimate of drug-likeness (QED) is 0.164. The standard InChI is InChI=1S/C29H19F3O3S2/c30-29(31,32)37(33,34)35-36(23-10-3-1-4-11-23,24-12-5-2-6-13-24)26-19-17-22-15-14-20-8-7-9-21-16-18-25(26)28(22)27(20)21/h1-19H. The molecule has 0 unspecified atom stereocenters. The topological polar surface area (TPSA) is 43.4 Å². The summed E-state index contributed by atoms with van der Waals surface area (Å²) >= 11 is 0. The fourth-order valence-electron chi connectivity index (χ4n) is 4.86. The molecule has 0 saturated heterocycles. The Labute approximate surface area is 213 Å². The van der Waals surface area contributed by atoms with Gasteiger partial charge in [-0.2, -0.15) is 25.2 Å². The van der Waals surface area contributed by atoms with Crippen LogP contribution in [0, 0.1) is 0 Å². The van der Waals surface area contributed by atoms with E-state index >= 15 is 0 Å². The maximum absolute atomic E-state index is 13.9. The first kappa shape index (κ1) is 23.8. The molecule has 0 fully saturated rings. The highest BCUT2D eigenvalue weighted by Gasteiger charge is 2.52. The SMILES string of the molecule is O=S(=O)(OS(c1ccccc1)(c1ccccc1)c1ccc2ccc3cccc4ccc1c2c34)C(F)(F)F. The molecule has 0 aliphatic rings. The molecule has 0 atom stereocenters. The summed E-state index contributed by atoms with van der Waals surface area (Å²) in [6, 6.07) is 33.7. The molecule has 6 aromatic rings. The fraction of sp³-hybridized carbons (Fsp3) is 0.0345. The van der Waals surface area contributed by atoms with Crippen molar-refractivity contribution >= 4 is 52.7 Å². The van der Waals surface area contributed by atoms with Gasteiger partial charge in [-0.3, -0.25) is 0 Å². The first-order chi connectivity index (χ1) is 17.7. The average molecular weight is 537 g/mol. The van der Waals surface area contributed by atoms with Crippen LogP contribution in [0.25, 0.3) is 32.3 Å². The number of hydrogen-bond donors (Lipinski definition) is 0. The van der Waals surface area contributed by atoms with Gasteiger partial charge >= 0.3 is 15.6 Å². The van der Waals surface area contributed by atoms with E-state index in [0.29, 0.717) is 20.1 Å². The molecule has 186 valence electrons. The summed E-state index contributed by atoms with van der Waals surface area (Å²) < 4.78 is 72.5. The van der Waals surface area contributed by atoms with Gasteiger partial charge in [0.05, 0.1) is 0 Å². The Balaban J connectivity index is 1.80. The zero-order valence-corrected chi connectivity index (χ0v) is 20.8. The third-order valence-electron chi connectivity index (χ3n) is 6.42. The molecule has 0 bridgehead atoms. The number of halogens is 3. The molecular formula is C29H19F3O3S2. The van der Waals surface area contributed by atoms with Crippen LogP contribution >= 0.6 is 10.3 Å². The highest BCUT2D eigenvalue weighted by molar-refractivity contribution is 8.33. The molecule has 3 nitrogen and oxygen atoms in total. The van der Waals surface area contributed by atoms with Gasteiger partial charge in [-0.05, 0) is 73.0 Å². The third kappa shape index (κ3) is 3.67. The van der Waals surface area contributed by atoms with E-state index in [1.807, 2.05) is 48.5 Å². The van der Waals surface area contributed by atoms with E-state index < -0.39 is 25.9 Å². The third-order valence-corrected chi connectivity index (χ3v) is 11.4. The van der Waals surface area contributed by atoms with Crippen LogP contribution in [-0.2, 0) is 13.7 Å². The van der Waals surface area contributed by atoms with E-state index in [9.17, 15) is 21.6 Å². The summed E-state index contributed by atoms with van der Waals surface area (Å²) in [7, 11) is -9.40. The van der Waals surface area contributed by atoms with Crippen molar-refractivity contribution < 1.29 is 25.2 Å². The Bertz CT molecular complexity index is 1800. The average Bonchev–Trinajstić information content (AvgIpc) is 2.91. The lowest BCUT2D eigenvalue weighted by molar-refractivity contribution is -0.0496. The summed E-state index contributed by atoms with van der Waals surface area (Å²) in [4.78, 5) is 1.05. The van der Waals surface area contributed by atoms with E-state index in [-0.39, 0.29) is 0 Å². The Morgan fingerprint density at radius 2 is 1.03 bits per heavy atom. The smallest absolute Gasteiger partial charge is 0.200 e. The lowest BCUT2D eigenvalue weighted by atomic mass is 9.94. The van der Waals surface area contributed by atoms with E-state index in [1.165, 1.54) is 0 Å². The molecule has 0 heterocycles. The van der Waals surface area contributed by atoms with Crippen LogP contribution in [0.4, 0.5) is 13.2 Å². The molecule has 0 aliphatic carbocycles. The van der Waals surface area contributed by atoms with Gasteiger partial charge in [0.1, 0.15) is 0 Å². The van der Waals surface area contributed by atoms with E-state index in [2.05, 4.69) is 0 Å². The second kappa shape index (κ2) is 8.48. The molecule has 0 saturated carbocycles. The molecule has 0 N–H and O–H groups in total. The van der Waals surface area contributed by atoms with E-state index in [0.717, 1.165) is 26.9 Å². The van der Waals surface area contributed by atoms with Crippen molar-refractivity contribution in [2.75, 3.05) is 0 Å². The molecule has 6 rings (SSSR count). The Morgan fingerprint density at radius 1 is 0.541 bits per heavy atom. The first-order valence-corrected chi connectivity index (χ1v) is 14.3. The molecule has 37 heavy (non-hydrogen) atoms. The van der Waals surface area contributed by atoms with E-state index in [1.54, 1.807) is 66.7 Å². The van der Waals surface area contributed by atoms with Crippen LogP contribution in [0.3, 0.4) is 0 Å². The summed E-state index contributed by atoms with van der Waals surface area (Å²) in [6.07, 6.45) is 0. The minimum Gasteiger partial charge on any atom is -0.200 e. The number of benzene rings is 6. The molecule has 0 aliphatic heterocycles. The Morgan fingerprint density at radius 3 is 1.57 bits per heavy atom. The molecular weight excluding hydrogens is 517 g/mol. The Kier molecular flexibility index (Phi) is 5.45. The van der Waals surface area contributed by atoms with Gasteiger partial charge < -0.3 is 0 Å². The predicted molar refractivity (Wildman–Crippen MR) is 141 cm³/mol. The fourth-order valence-corrected chi connectivity index (χ4v) is 9.77.